The first-order valence-corrected chi connectivity index (χ1v) is 6.19. The summed E-state index contributed by atoms with van der Waals surface area (Å²) in [6.45, 7) is 1.39. The van der Waals surface area contributed by atoms with Crippen LogP contribution in [0.3, 0.4) is 0 Å². The smallest absolute Gasteiger partial charge is 0.227 e. The minimum atomic E-state index is 0.0948. The van der Waals surface area contributed by atoms with Gasteiger partial charge in [-0.25, -0.2) is 0 Å². The fraction of sp³-hybridized carbons (Fsp3) is 0.417. The Morgan fingerprint density at radius 2 is 1.88 bits per heavy atom. The topological polar surface area (TPSA) is 38.3 Å². The normalized spacial score (nSPS) is 17.1. The first-order valence-electron chi connectivity index (χ1n) is 5.40. The molecule has 16 heavy (non-hydrogen) atoms. The first-order chi connectivity index (χ1) is 7.75. The number of nitrogens with one attached hydrogen (secondary N) is 1. The molecule has 0 radical (unpaired) electrons. The molecular formula is C12H14BrNO2. The van der Waals surface area contributed by atoms with E-state index in [4.69, 9.17) is 4.74 Å². The number of carbonyl (C=O) groups excluding carboxylic acids is 1. The van der Waals surface area contributed by atoms with Gasteiger partial charge in [-0.3, -0.25) is 4.79 Å². The number of hydrogen-bond donors (Lipinski definition) is 1. The SMILES string of the molecule is O=C(Nc1ccc(Br)cc1)C1CCOCC1. The van der Waals surface area contributed by atoms with Crippen LogP contribution in [0.2, 0.25) is 0 Å². The second-order valence-corrected chi connectivity index (χ2v) is 4.80. The first kappa shape index (κ1) is 11.6. The number of hydrogen-bond acceptors (Lipinski definition) is 2. The highest BCUT2D eigenvalue weighted by Crippen LogP contribution is 2.19. The molecule has 1 aliphatic heterocycles. The van der Waals surface area contributed by atoms with Crippen LogP contribution in [0.5, 0.6) is 0 Å². The van der Waals surface area contributed by atoms with Crippen molar-refractivity contribution < 1.29 is 9.53 Å². The predicted molar refractivity (Wildman–Crippen MR) is 66.3 cm³/mol. The van der Waals surface area contributed by atoms with Gasteiger partial charge in [0.1, 0.15) is 0 Å². The Kier molecular flexibility index (Phi) is 3.96. The molecule has 86 valence electrons. The number of ether oxygens (including phenoxy) is 1. The standard InChI is InChI=1S/C12H14BrNO2/c13-10-1-3-11(4-2-10)14-12(15)9-5-7-16-8-6-9/h1-4,9H,5-8H2,(H,14,15). The van der Waals surface area contributed by atoms with Gasteiger partial charge < -0.3 is 10.1 Å². The Hall–Kier alpha value is -0.870. The van der Waals surface area contributed by atoms with E-state index in [-0.39, 0.29) is 11.8 Å². The molecule has 1 saturated heterocycles. The van der Waals surface area contributed by atoms with Crippen LogP contribution >= 0.6 is 15.9 Å². The van der Waals surface area contributed by atoms with E-state index >= 15 is 0 Å². The van der Waals surface area contributed by atoms with Crippen molar-refractivity contribution in [2.24, 2.45) is 5.92 Å². The van der Waals surface area contributed by atoms with Crippen molar-refractivity contribution in [2.75, 3.05) is 18.5 Å². The third kappa shape index (κ3) is 3.06. The van der Waals surface area contributed by atoms with Crippen molar-refractivity contribution in [3.05, 3.63) is 28.7 Å². The van der Waals surface area contributed by atoms with Crippen LogP contribution < -0.4 is 5.32 Å². The van der Waals surface area contributed by atoms with E-state index in [1.165, 1.54) is 0 Å². The Balaban J connectivity index is 1.93. The van der Waals surface area contributed by atoms with Crippen LogP contribution in [0, 0.1) is 5.92 Å². The maximum absolute atomic E-state index is 11.9. The molecule has 1 N–H and O–H groups in total. The zero-order valence-electron chi connectivity index (χ0n) is 8.91. The molecular weight excluding hydrogens is 270 g/mol. The van der Waals surface area contributed by atoms with Gasteiger partial charge in [0.25, 0.3) is 0 Å². The molecule has 1 fully saturated rings. The number of anilines is 1. The van der Waals surface area contributed by atoms with Gasteiger partial charge in [0, 0.05) is 29.3 Å². The maximum Gasteiger partial charge on any atom is 0.227 e. The lowest BCUT2D eigenvalue weighted by Crippen LogP contribution is -2.28. The Bertz CT molecular complexity index is 358. The molecule has 2 rings (SSSR count). The van der Waals surface area contributed by atoms with E-state index in [9.17, 15) is 4.79 Å². The van der Waals surface area contributed by atoms with Gasteiger partial charge >= 0.3 is 0 Å². The molecule has 0 aromatic heterocycles. The summed E-state index contributed by atoms with van der Waals surface area (Å²) in [5, 5.41) is 2.92. The Morgan fingerprint density at radius 1 is 1.25 bits per heavy atom. The summed E-state index contributed by atoms with van der Waals surface area (Å²) in [4.78, 5) is 11.9. The molecule has 0 aliphatic carbocycles. The highest BCUT2D eigenvalue weighted by molar-refractivity contribution is 9.10. The van der Waals surface area contributed by atoms with Crippen LogP contribution in [0.1, 0.15) is 12.8 Å². The molecule has 1 amide bonds. The minimum absolute atomic E-state index is 0.0948. The average molecular weight is 284 g/mol. The van der Waals surface area contributed by atoms with Crippen molar-refractivity contribution >= 4 is 27.5 Å². The number of halogens is 1. The van der Waals surface area contributed by atoms with Gasteiger partial charge in [-0.05, 0) is 37.1 Å². The summed E-state index contributed by atoms with van der Waals surface area (Å²) in [5.74, 6) is 0.197. The van der Waals surface area contributed by atoms with Gasteiger partial charge in [0.2, 0.25) is 5.91 Å². The van der Waals surface area contributed by atoms with E-state index in [2.05, 4.69) is 21.2 Å². The molecule has 0 bridgehead atoms. The molecule has 0 saturated carbocycles. The summed E-state index contributed by atoms with van der Waals surface area (Å²) in [7, 11) is 0. The average Bonchev–Trinajstić information content (AvgIpc) is 2.33. The predicted octanol–water partition coefficient (Wildman–Crippen LogP) is 2.81. The summed E-state index contributed by atoms with van der Waals surface area (Å²) >= 11 is 3.36. The van der Waals surface area contributed by atoms with Gasteiger partial charge in [0.05, 0.1) is 0 Å². The van der Waals surface area contributed by atoms with Gasteiger partial charge in [-0.2, -0.15) is 0 Å². The van der Waals surface area contributed by atoms with E-state index in [1.807, 2.05) is 24.3 Å². The number of benzene rings is 1. The summed E-state index contributed by atoms with van der Waals surface area (Å²) in [5.41, 5.74) is 0.847. The number of carbonyl (C=O) groups is 1. The zero-order valence-corrected chi connectivity index (χ0v) is 10.5. The van der Waals surface area contributed by atoms with Gasteiger partial charge in [-0.15, -0.1) is 0 Å². The van der Waals surface area contributed by atoms with Crippen LogP contribution in [0.4, 0.5) is 5.69 Å². The van der Waals surface area contributed by atoms with Crippen molar-refractivity contribution in [1.29, 1.82) is 0 Å². The third-order valence-electron chi connectivity index (χ3n) is 2.70. The summed E-state index contributed by atoms with van der Waals surface area (Å²) in [6, 6.07) is 7.61. The quantitative estimate of drug-likeness (QED) is 0.907. The molecule has 1 aromatic carbocycles. The molecule has 1 aliphatic rings. The maximum atomic E-state index is 11.9. The molecule has 3 nitrogen and oxygen atoms in total. The monoisotopic (exact) mass is 283 g/mol. The van der Waals surface area contributed by atoms with Crippen LogP contribution in [-0.2, 0) is 9.53 Å². The molecule has 1 heterocycles. The highest BCUT2D eigenvalue weighted by Gasteiger charge is 2.21. The van der Waals surface area contributed by atoms with Crippen LogP contribution in [0.25, 0.3) is 0 Å². The van der Waals surface area contributed by atoms with E-state index in [0.717, 1.165) is 23.0 Å². The largest absolute Gasteiger partial charge is 0.381 e. The lowest BCUT2D eigenvalue weighted by atomic mass is 9.99. The molecule has 1 aromatic rings. The highest BCUT2D eigenvalue weighted by atomic mass is 79.9. The second-order valence-electron chi connectivity index (χ2n) is 3.88. The number of rotatable bonds is 2. The van der Waals surface area contributed by atoms with Crippen molar-refractivity contribution in [3.63, 3.8) is 0 Å². The Labute approximate surface area is 103 Å². The molecule has 0 unspecified atom stereocenters. The summed E-state index contributed by atoms with van der Waals surface area (Å²) in [6.07, 6.45) is 1.64. The van der Waals surface area contributed by atoms with E-state index < -0.39 is 0 Å². The number of amides is 1. The van der Waals surface area contributed by atoms with E-state index in [1.54, 1.807) is 0 Å². The third-order valence-corrected chi connectivity index (χ3v) is 3.23. The summed E-state index contributed by atoms with van der Waals surface area (Å²) < 4.78 is 6.24. The van der Waals surface area contributed by atoms with Crippen molar-refractivity contribution in [2.45, 2.75) is 12.8 Å². The zero-order chi connectivity index (χ0) is 11.4. The molecule has 0 atom stereocenters. The molecule has 4 heteroatoms. The minimum Gasteiger partial charge on any atom is -0.381 e. The van der Waals surface area contributed by atoms with E-state index in [0.29, 0.717) is 13.2 Å². The van der Waals surface area contributed by atoms with Gasteiger partial charge in [0.15, 0.2) is 0 Å². The van der Waals surface area contributed by atoms with Crippen molar-refractivity contribution in [1.82, 2.24) is 0 Å². The lowest BCUT2D eigenvalue weighted by Gasteiger charge is -2.21. The fourth-order valence-electron chi connectivity index (χ4n) is 1.74. The van der Waals surface area contributed by atoms with Crippen molar-refractivity contribution in [3.8, 4) is 0 Å². The Morgan fingerprint density at radius 3 is 2.50 bits per heavy atom. The van der Waals surface area contributed by atoms with Gasteiger partial charge in [-0.1, -0.05) is 15.9 Å². The lowest BCUT2D eigenvalue weighted by molar-refractivity contribution is -0.122. The molecule has 0 spiro atoms. The van der Waals surface area contributed by atoms with Crippen LogP contribution in [0.15, 0.2) is 28.7 Å². The second kappa shape index (κ2) is 5.46. The van der Waals surface area contributed by atoms with Crippen LogP contribution in [-0.4, -0.2) is 19.1 Å². The fourth-order valence-corrected chi connectivity index (χ4v) is 2.00.